The van der Waals surface area contributed by atoms with Gasteiger partial charge in [0.1, 0.15) is 12.2 Å². The van der Waals surface area contributed by atoms with Crippen LogP contribution in [-0.2, 0) is 23.1 Å². The maximum absolute atomic E-state index is 12.1. The van der Waals surface area contributed by atoms with Gasteiger partial charge in [0.15, 0.2) is 0 Å². The first-order valence-electron chi connectivity index (χ1n) is 5.43. The lowest BCUT2D eigenvalue weighted by Gasteiger charge is -2.27. The zero-order valence-corrected chi connectivity index (χ0v) is 11.2. The first-order chi connectivity index (χ1) is 8.03. The van der Waals surface area contributed by atoms with E-state index in [1.807, 2.05) is 11.5 Å². The lowest BCUT2D eigenvalue weighted by molar-refractivity contribution is 0.333. The van der Waals surface area contributed by atoms with Gasteiger partial charge in [0.25, 0.3) is 0 Å². The van der Waals surface area contributed by atoms with Crippen molar-refractivity contribution in [3.63, 3.8) is 0 Å². The molecule has 1 aromatic heterocycles. The fourth-order valence-electron chi connectivity index (χ4n) is 1.79. The van der Waals surface area contributed by atoms with Crippen molar-refractivity contribution in [2.75, 3.05) is 18.2 Å². The smallest absolute Gasteiger partial charge is 0.214 e. The Hall–Kier alpha value is -0.660. The molecule has 2 rings (SSSR count). The third-order valence-corrected chi connectivity index (χ3v) is 5.37. The quantitative estimate of drug-likeness (QED) is 0.743. The van der Waals surface area contributed by atoms with Crippen molar-refractivity contribution in [3.8, 4) is 0 Å². The van der Waals surface area contributed by atoms with Crippen LogP contribution in [0.15, 0.2) is 6.33 Å². The van der Waals surface area contributed by atoms with Crippen molar-refractivity contribution in [1.29, 1.82) is 0 Å². The van der Waals surface area contributed by atoms with Crippen LogP contribution < -0.4 is 0 Å². The molecule has 17 heavy (non-hydrogen) atoms. The van der Waals surface area contributed by atoms with E-state index in [9.17, 15) is 8.42 Å². The highest BCUT2D eigenvalue weighted by Gasteiger charge is 2.28. The molecule has 0 spiro atoms. The Morgan fingerprint density at radius 2 is 2.29 bits per heavy atom. The van der Waals surface area contributed by atoms with Gasteiger partial charge in [-0.3, -0.25) is 0 Å². The molecule has 0 radical (unpaired) electrons. The van der Waals surface area contributed by atoms with Crippen LogP contribution in [0, 0.1) is 5.92 Å². The summed E-state index contributed by atoms with van der Waals surface area (Å²) in [6.07, 6.45) is 1.63. The van der Waals surface area contributed by atoms with Crippen LogP contribution in [0.1, 0.15) is 12.7 Å². The summed E-state index contributed by atoms with van der Waals surface area (Å²) < 4.78 is 27.5. The molecule has 0 amide bonds. The number of hydrogen-bond acceptors (Lipinski definition) is 4. The average Bonchev–Trinajstić information content (AvgIpc) is 2.75. The highest BCUT2D eigenvalue weighted by Crippen LogP contribution is 2.16. The summed E-state index contributed by atoms with van der Waals surface area (Å²) in [5.74, 6) is 1.09. The van der Waals surface area contributed by atoms with Crippen LogP contribution in [0.3, 0.4) is 0 Å². The van der Waals surface area contributed by atoms with Crippen molar-refractivity contribution in [2.45, 2.75) is 20.0 Å². The molecule has 96 valence electrons. The maximum Gasteiger partial charge on any atom is 0.214 e. The fourth-order valence-corrected chi connectivity index (χ4v) is 3.75. The molecule has 1 atom stereocenters. The normalized spacial score (nSPS) is 18.9. The first-order valence-corrected chi connectivity index (χ1v) is 7.58. The predicted molar refractivity (Wildman–Crippen MR) is 64.1 cm³/mol. The van der Waals surface area contributed by atoms with Crippen molar-refractivity contribution in [3.05, 3.63) is 12.2 Å². The molecule has 1 aromatic rings. The van der Waals surface area contributed by atoms with Crippen molar-refractivity contribution < 1.29 is 8.42 Å². The summed E-state index contributed by atoms with van der Waals surface area (Å²) in [5.41, 5.74) is 0. The number of nitrogens with zero attached hydrogens (tertiary/aromatic N) is 4. The SMILES string of the molecule is CC(CCl)CS(=O)(=O)N1CCn2cnnc2C1. The molecule has 8 heteroatoms. The molecule has 0 bridgehead atoms. The molecule has 0 N–H and O–H groups in total. The minimum atomic E-state index is -3.25. The van der Waals surface area contributed by atoms with E-state index in [4.69, 9.17) is 11.6 Å². The summed E-state index contributed by atoms with van der Waals surface area (Å²) in [6.45, 7) is 3.22. The van der Waals surface area contributed by atoms with Crippen LogP contribution in [0.25, 0.3) is 0 Å². The van der Waals surface area contributed by atoms with Gasteiger partial charge in [0.05, 0.1) is 12.3 Å². The number of sulfonamides is 1. The molecule has 1 aliphatic rings. The van der Waals surface area contributed by atoms with E-state index in [0.29, 0.717) is 31.3 Å². The first kappa shape index (κ1) is 12.8. The van der Waals surface area contributed by atoms with Crippen LogP contribution in [0.4, 0.5) is 0 Å². The van der Waals surface area contributed by atoms with Crippen molar-refractivity contribution >= 4 is 21.6 Å². The van der Waals surface area contributed by atoms with Gasteiger partial charge < -0.3 is 4.57 Å². The van der Waals surface area contributed by atoms with E-state index in [-0.39, 0.29) is 11.7 Å². The summed E-state index contributed by atoms with van der Waals surface area (Å²) in [4.78, 5) is 0. The molecule has 2 heterocycles. The van der Waals surface area contributed by atoms with Gasteiger partial charge in [-0.15, -0.1) is 21.8 Å². The molecule has 0 aromatic carbocycles. The predicted octanol–water partition coefficient (Wildman–Crippen LogP) is 0.298. The van der Waals surface area contributed by atoms with E-state index in [1.165, 1.54) is 4.31 Å². The van der Waals surface area contributed by atoms with Gasteiger partial charge in [0.2, 0.25) is 10.0 Å². The fraction of sp³-hybridized carbons (Fsp3) is 0.778. The Balaban J connectivity index is 2.10. The average molecular weight is 279 g/mol. The van der Waals surface area contributed by atoms with Gasteiger partial charge in [0, 0.05) is 19.0 Å². The second-order valence-electron chi connectivity index (χ2n) is 4.31. The summed E-state index contributed by atoms with van der Waals surface area (Å²) in [5, 5.41) is 7.67. The minimum Gasteiger partial charge on any atom is -0.315 e. The molecular formula is C9H15ClN4O2S. The van der Waals surface area contributed by atoms with Gasteiger partial charge in [-0.25, -0.2) is 8.42 Å². The number of aromatic nitrogens is 3. The highest BCUT2D eigenvalue weighted by molar-refractivity contribution is 7.89. The second-order valence-corrected chi connectivity index (χ2v) is 6.63. The Labute approximate surface area is 106 Å². The molecule has 1 aliphatic heterocycles. The van der Waals surface area contributed by atoms with Gasteiger partial charge >= 0.3 is 0 Å². The van der Waals surface area contributed by atoms with Gasteiger partial charge in [-0.2, -0.15) is 4.31 Å². The second kappa shape index (κ2) is 4.91. The maximum atomic E-state index is 12.1. The van der Waals surface area contributed by atoms with Gasteiger partial charge in [-0.05, 0) is 5.92 Å². The lowest BCUT2D eigenvalue weighted by atomic mass is 10.3. The number of hydrogen-bond donors (Lipinski definition) is 0. The van der Waals surface area contributed by atoms with E-state index in [2.05, 4.69) is 10.2 Å². The largest absolute Gasteiger partial charge is 0.315 e. The summed E-state index contributed by atoms with van der Waals surface area (Å²) >= 11 is 5.65. The Morgan fingerprint density at radius 3 is 3.00 bits per heavy atom. The Bertz CT molecular complexity index is 487. The zero-order chi connectivity index (χ0) is 12.5. The Kier molecular flexibility index (Phi) is 3.70. The molecular weight excluding hydrogens is 264 g/mol. The van der Waals surface area contributed by atoms with Crippen molar-refractivity contribution in [1.82, 2.24) is 19.1 Å². The van der Waals surface area contributed by atoms with Crippen LogP contribution >= 0.6 is 11.6 Å². The molecule has 6 nitrogen and oxygen atoms in total. The molecule has 1 unspecified atom stereocenters. The van der Waals surface area contributed by atoms with Crippen molar-refractivity contribution in [2.24, 2.45) is 5.92 Å². The zero-order valence-electron chi connectivity index (χ0n) is 9.58. The monoisotopic (exact) mass is 278 g/mol. The standard InChI is InChI=1S/C9H15ClN4O2S/c1-8(4-10)6-17(15,16)14-3-2-13-7-11-12-9(13)5-14/h7-8H,2-6H2,1H3. The van der Waals surface area contributed by atoms with Crippen LogP contribution in [-0.4, -0.2) is 45.7 Å². The number of rotatable bonds is 4. The van der Waals surface area contributed by atoms with E-state index in [1.54, 1.807) is 6.33 Å². The van der Waals surface area contributed by atoms with Crippen LogP contribution in [0.5, 0.6) is 0 Å². The lowest BCUT2D eigenvalue weighted by Crippen LogP contribution is -2.40. The van der Waals surface area contributed by atoms with E-state index < -0.39 is 10.0 Å². The number of fused-ring (bicyclic) bond motifs is 1. The van der Waals surface area contributed by atoms with Crippen LogP contribution in [0.2, 0.25) is 0 Å². The summed E-state index contributed by atoms with van der Waals surface area (Å²) in [6, 6.07) is 0. The number of halogens is 1. The topological polar surface area (TPSA) is 68.1 Å². The van der Waals surface area contributed by atoms with Gasteiger partial charge in [-0.1, -0.05) is 6.92 Å². The van der Waals surface area contributed by atoms with E-state index >= 15 is 0 Å². The third-order valence-electron chi connectivity index (χ3n) is 2.76. The summed E-state index contributed by atoms with van der Waals surface area (Å²) in [7, 11) is -3.25. The van der Waals surface area contributed by atoms with E-state index in [0.717, 1.165) is 0 Å². The minimum absolute atomic E-state index is 0.0403. The molecule has 0 fully saturated rings. The molecule has 0 aliphatic carbocycles. The third kappa shape index (κ3) is 2.78. The molecule has 0 saturated heterocycles. The molecule has 0 saturated carbocycles. The highest BCUT2D eigenvalue weighted by atomic mass is 35.5. The Morgan fingerprint density at radius 1 is 1.53 bits per heavy atom. The number of alkyl halides is 1.